The van der Waals surface area contributed by atoms with E-state index in [1.807, 2.05) is 13.1 Å². The van der Waals surface area contributed by atoms with E-state index in [9.17, 15) is 0 Å². The zero-order valence-electron chi connectivity index (χ0n) is 13.5. The monoisotopic (exact) mass is 304 g/mol. The zero-order chi connectivity index (χ0) is 15.5. The molecule has 0 saturated carbocycles. The lowest BCUT2D eigenvalue weighted by molar-refractivity contribution is 0.571. The van der Waals surface area contributed by atoms with Gasteiger partial charge in [0.2, 0.25) is 0 Å². The Labute approximate surface area is 131 Å². The highest BCUT2D eigenvalue weighted by Gasteiger charge is 2.17. The molecule has 0 atom stereocenters. The molecule has 4 nitrogen and oxygen atoms in total. The van der Waals surface area contributed by atoms with E-state index in [-0.39, 0.29) is 5.41 Å². The molecule has 114 valence electrons. The van der Waals surface area contributed by atoms with E-state index < -0.39 is 0 Å². The summed E-state index contributed by atoms with van der Waals surface area (Å²) in [5.41, 5.74) is 2.29. The second-order valence-electron chi connectivity index (χ2n) is 6.21. The van der Waals surface area contributed by atoms with Crippen molar-refractivity contribution in [1.29, 1.82) is 0 Å². The van der Waals surface area contributed by atoms with Gasteiger partial charge in [0.25, 0.3) is 0 Å². The smallest absolute Gasteiger partial charge is 0.131 e. The molecular formula is C16H24N4S. The molecule has 0 radical (unpaired) electrons. The summed E-state index contributed by atoms with van der Waals surface area (Å²) in [6.07, 6.45) is 2.74. The van der Waals surface area contributed by atoms with Crippen molar-refractivity contribution in [3.05, 3.63) is 33.7 Å². The molecule has 0 unspecified atom stereocenters. The van der Waals surface area contributed by atoms with Gasteiger partial charge in [-0.15, -0.1) is 11.3 Å². The van der Waals surface area contributed by atoms with Crippen molar-refractivity contribution < 1.29 is 0 Å². The maximum absolute atomic E-state index is 4.75. The molecule has 0 aliphatic rings. The van der Waals surface area contributed by atoms with Crippen molar-refractivity contribution >= 4 is 17.2 Å². The summed E-state index contributed by atoms with van der Waals surface area (Å²) in [6.45, 7) is 8.71. The Bertz CT molecular complexity index is 599. The van der Waals surface area contributed by atoms with Crippen molar-refractivity contribution in [3.8, 4) is 0 Å². The molecule has 0 aliphatic carbocycles. The molecule has 21 heavy (non-hydrogen) atoms. The third-order valence-electron chi connectivity index (χ3n) is 3.21. The largest absolute Gasteiger partial charge is 0.373 e. The quantitative estimate of drug-likeness (QED) is 0.912. The van der Waals surface area contributed by atoms with Gasteiger partial charge in [-0.05, 0) is 6.42 Å². The molecule has 0 aliphatic heterocycles. The maximum Gasteiger partial charge on any atom is 0.131 e. The Morgan fingerprint density at radius 1 is 1.19 bits per heavy atom. The van der Waals surface area contributed by atoms with Crippen LogP contribution >= 0.6 is 11.3 Å². The average molecular weight is 304 g/mol. The van der Waals surface area contributed by atoms with E-state index in [2.05, 4.69) is 48.4 Å². The first-order valence-electron chi connectivity index (χ1n) is 7.42. The molecule has 2 heterocycles. The summed E-state index contributed by atoms with van der Waals surface area (Å²) in [5, 5.41) is 6.38. The highest BCUT2D eigenvalue weighted by atomic mass is 32.1. The number of nitrogens with one attached hydrogen (secondary N) is 1. The first-order chi connectivity index (χ1) is 9.92. The third-order valence-corrected chi connectivity index (χ3v) is 4.06. The molecule has 0 fully saturated rings. The number of aryl methyl sites for hydroxylation is 1. The van der Waals surface area contributed by atoms with Crippen LogP contribution in [0.2, 0.25) is 0 Å². The number of anilines is 1. The van der Waals surface area contributed by atoms with Crippen LogP contribution in [0, 0.1) is 0 Å². The number of hydrogen-bond acceptors (Lipinski definition) is 5. The van der Waals surface area contributed by atoms with Crippen molar-refractivity contribution in [2.45, 2.75) is 52.4 Å². The molecule has 0 amide bonds. The fourth-order valence-electron chi connectivity index (χ4n) is 2.00. The van der Waals surface area contributed by atoms with Gasteiger partial charge in [-0.1, -0.05) is 27.7 Å². The van der Waals surface area contributed by atoms with E-state index in [0.29, 0.717) is 0 Å². The minimum absolute atomic E-state index is 0.101. The molecular weight excluding hydrogens is 280 g/mol. The minimum Gasteiger partial charge on any atom is -0.373 e. The highest BCUT2D eigenvalue weighted by molar-refractivity contribution is 7.09. The first-order valence-corrected chi connectivity index (χ1v) is 8.29. The van der Waals surface area contributed by atoms with Gasteiger partial charge < -0.3 is 5.32 Å². The Morgan fingerprint density at radius 2 is 1.95 bits per heavy atom. The Kier molecular flexibility index (Phi) is 4.93. The molecule has 1 N–H and O–H groups in total. The third kappa shape index (κ3) is 4.24. The van der Waals surface area contributed by atoms with Crippen LogP contribution in [0.3, 0.4) is 0 Å². The fraction of sp³-hybridized carbons (Fsp3) is 0.562. The topological polar surface area (TPSA) is 50.7 Å². The Hall–Kier alpha value is -1.49. The van der Waals surface area contributed by atoms with E-state index in [0.717, 1.165) is 47.3 Å². The van der Waals surface area contributed by atoms with Gasteiger partial charge in [0.15, 0.2) is 0 Å². The van der Waals surface area contributed by atoms with Gasteiger partial charge in [0, 0.05) is 36.8 Å². The summed E-state index contributed by atoms with van der Waals surface area (Å²) < 4.78 is 0. The predicted octanol–water partition coefficient (Wildman–Crippen LogP) is 3.82. The standard InChI is InChI=1S/C16H24N4S/c1-6-7-13-18-11(8-14(17-5)20-13)9-15-19-12(10-21-15)16(2,3)4/h8,10H,6-7,9H2,1-5H3,(H,17,18,20). The summed E-state index contributed by atoms with van der Waals surface area (Å²) in [5.74, 6) is 1.79. The molecule has 0 bridgehead atoms. The number of thiazole rings is 1. The molecule has 0 aromatic carbocycles. The fourth-order valence-corrected chi connectivity index (χ4v) is 3.03. The van der Waals surface area contributed by atoms with Crippen LogP contribution in [0.15, 0.2) is 11.4 Å². The van der Waals surface area contributed by atoms with Crippen molar-refractivity contribution in [3.63, 3.8) is 0 Å². The zero-order valence-corrected chi connectivity index (χ0v) is 14.3. The molecule has 2 aromatic rings. The van der Waals surface area contributed by atoms with Gasteiger partial charge in [-0.2, -0.15) is 0 Å². The van der Waals surface area contributed by atoms with Crippen molar-refractivity contribution in [1.82, 2.24) is 15.0 Å². The predicted molar refractivity (Wildman–Crippen MR) is 89.2 cm³/mol. The van der Waals surface area contributed by atoms with Crippen molar-refractivity contribution in [2.24, 2.45) is 0 Å². The molecule has 2 aromatic heterocycles. The number of hydrogen-bond donors (Lipinski definition) is 1. The molecule has 2 rings (SSSR count). The van der Waals surface area contributed by atoms with Crippen LogP contribution < -0.4 is 5.32 Å². The molecule has 5 heteroatoms. The second-order valence-corrected chi connectivity index (χ2v) is 7.16. The lowest BCUT2D eigenvalue weighted by atomic mass is 9.93. The normalized spacial score (nSPS) is 11.7. The van der Waals surface area contributed by atoms with Gasteiger partial charge in [0.1, 0.15) is 11.6 Å². The summed E-state index contributed by atoms with van der Waals surface area (Å²) in [6, 6.07) is 2.01. The molecule has 0 saturated heterocycles. The summed E-state index contributed by atoms with van der Waals surface area (Å²) in [7, 11) is 1.89. The lowest BCUT2D eigenvalue weighted by Crippen LogP contribution is -2.11. The van der Waals surface area contributed by atoms with E-state index in [1.165, 1.54) is 0 Å². The lowest BCUT2D eigenvalue weighted by Gasteiger charge is -2.14. The second kappa shape index (κ2) is 6.52. The van der Waals surface area contributed by atoms with Crippen LogP contribution in [0.4, 0.5) is 5.82 Å². The SMILES string of the molecule is CCCc1nc(Cc2nc(C(C)(C)C)cs2)cc(NC)n1. The highest BCUT2D eigenvalue weighted by Crippen LogP contribution is 2.25. The average Bonchev–Trinajstić information content (AvgIpc) is 2.87. The summed E-state index contributed by atoms with van der Waals surface area (Å²) in [4.78, 5) is 13.9. The van der Waals surface area contributed by atoms with Gasteiger partial charge in [-0.3, -0.25) is 0 Å². The van der Waals surface area contributed by atoms with Crippen LogP contribution in [-0.4, -0.2) is 22.0 Å². The number of aromatic nitrogens is 3. The number of nitrogens with zero attached hydrogens (tertiary/aromatic N) is 3. The van der Waals surface area contributed by atoms with Gasteiger partial charge >= 0.3 is 0 Å². The Morgan fingerprint density at radius 3 is 2.52 bits per heavy atom. The van der Waals surface area contributed by atoms with E-state index in [1.54, 1.807) is 11.3 Å². The van der Waals surface area contributed by atoms with E-state index in [4.69, 9.17) is 4.98 Å². The van der Waals surface area contributed by atoms with Gasteiger partial charge in [-0.25, -0.2) is 15.0 Å². The van der Waals surface area contributed by atoms with Crippen molar-refractivity contribution in [2.75, 3.05) is 12.4 Å². The Balaban J connectivity index is 2.22. The van der Waals surface area contributed by atoms with Crippen LogP contribution in [0.5, 0.6) is 0 Å². The summed E-state index contributed by atoms with van der Waals surface area (Å²) >= 11 is 1.71. The van der Waals surface area contributed by atoms with Crippen LogP contribution in [-0.2, 0) is 18.3 Å². The molecule has 0 spiro atoms. The van der Waals surface area contributed by atoms with Gasteiger partial charge in [0.05, 0.1) is 16.4 Å². The first kappa shape index (κ1) is 15.9. The van der Waals surface area contributed by atoms with E-state index >= 15 is 0 Å². The van der Waals surface area contributed by atoms with Crippen LogP contribution in [0.1, 0.15) is 56.3 Å². The number of rotatable bonds is 5. The minimum atomic E-state index is 0.101. The van der Waals surface area contributed by atoms with Crippen LogP contribution in [0.25, 0.3) is 0 Å². The maximum atomic E-state index is 4.75.